The Balaban J connectivity index is 1.74. The van der Waals surface area contributed by atoms with Crippen molar-refractivity contribution in [1.82, 2.24) is 9.80 Å². The summed E-state index contributed by atoms with van der Waals surface area (Å²) in [4.78, 5) is 4.59. The minimum Gasteiger partial charge on any atom is -0.379 e. The molecule has 1 aromatic carbocycles. The van der Waals surface area contributed by atoms with Gasteiger partial charge in [-0.2, -0.15) is 0 Å². The van der Waals surface area contributed by atoms with Crippen LogP contribution in [-0.2, 0) is 11.3 Å². The Morgan fingerprint density at radius 2 is 2.05 bits per heavy atom. The SMILES string of the molecule is CN1C[C@H]2COC[C@@H]1CN(Cc1ccc(F)cc1F)C2. The third-order valence-corrected chi connectivity index (χ3v) is 4.23. The second-order valence-electron chi connectivity index (χ2n) is 5.93. The number of benzene rings is 1. The van der Waals surface area contributed by atoms with Crippen molar-refractivity contribution >= 4 is 0 Å². The van der Waals surface area contributed by atoms with Gasteiger partial charge in [-0.3, -0.25) is 9.80 Å². The van der Waals surface area contributed by atoms with Crippen LogP contribution in [0.5, 0.6) is 0 Å². The standard InChI is InChI=1S/C15H20F2N2O/c1-18-5-11-6-19(8-14(18)10-20-9-11)7-12-2-3-13(16)4-15(12)17/h2-4,11,14H,5-10H2,1H3/t11-,14+/m1/s1. The van der Waals surface area contributed by atoms with Crippen molar-refractivity contribution in [2.75, 3.05) is 39.9 Å². The Morgan fingerprint density at radius 1 is 1.20 bits per heavy atom. The fourth-order valence-corrected chi connectivity index (χ4v) is 3.17. The molecule has 0 spiro atoms. The van der Waals surface area contributed by atoms with E-state index in [9.17, 15) is 8.78 Å². The molecule has 3 rings (SSSR count). The zero-order chi connectivity index (χ0) is 14.1. The predicted octanol–water partition coefficient (Wildman–Crippen LogP) is 1.73. The second kappa shape index (κ2) is 5.76. The average Bonchev–Trinajstić information content (AvgIpc) is 2.61. The third kappa shape index (κ3) is 3.00. The van der Waals surface area contributed by atoms with Crippen molar-refractivity contribution in [2.45, 2.75) is 12.6 Å². The van der Waals surface area contributed by atoms with Crippen molar-refractivity contribution in [2.24, 2.45) is 5.92 Å². The summed E-state index contributed by atoms with van der Waals surface area (Å²) in [6.07, 6.45) is 0. The second-order valence-corrected chi connectivity index (χ2v) is 5.93. The molecule has 2 bridgehead atoms. The largest absolute Gasteiger partial charge is 0.379 e. The molecule has 2 aliphatic rings. The van der Waals surface area contributed by atoms with Crippen LogP contribution >= 0.6 is 0 Å². The van der Waals surface area contributed by atoms with Gasteiger partial charge in [0.25, 0.3) is 0 Å². The van der Waals surface area contributed by atoms with Gasteiger partial charge in [0.2, 0.25) is 0 Å². The lowest BCUT2D eigenvalue weighted by Crippen LogP contribution is -2.42. The van der Waals surface area contributed by atoms with Crippen LogP contribution in [0.1, 0.15) is 5.56 Å². The van der Waals surface area contributed by atoms with E-state index < -0.39 is 11.6 Å². The first kappa shape index (κ1) is 13.9. The van der Waals surface area contributed by atoms with Crippen molar-refractivity contribution in [3.63, 3.8) is 0 Å². The highest BCUT2D eigenvalue weighted by molar-refractivity contribution is 5.18. The first-order valence-corrected chi connectivity index (χ1v) is 7.06. The molecule has 0 N–H and O–H groups in total. The van der Waals surface area contributed by atoms with Gasteiger partial charge in [0, 0.05) is 49.8 Å². The summed E-state index contributed by atoms with van der Waals surface area (Å²) < 4.78 is 32.4. The molecule has 0 aliphatic carbocycles. The van der Waals surface area contributed by atoms with Crippen LogP contribution in [0.2, 0.25) is 0 Å². The zero-order valence-electron chi connectivity index (χ0n) is 11.7. The lowest BCUT2D eigenvalue weighted by molar-refractivity contribution is 0.0513. The van der Waals surface area contributed by atoms with Gasteiger partial charge in [0.1, 0.15) is 11.6 Å². The number of nitrogens with zero attached hydrogens (tertiary/aromatic N) is 2. The molecule has 2 saturated heterocycles. The molecule has 3 nitrogen and oxygen atoms in total. The lowest BCUT2D eigenvalue weighted by atomic mass is 10.1. The maximum absolute atomic E-state index is 13.8. The van der Waals surface area contributed by atoms with Crippen LogP contribution in [-0.4, -0.2) is 55.7 Å². The first-order valence-electron chi connectivity index (χ1n) is 7.06. The Morgan fingerprint density at radius 3 is 2.85 bits per heavy atom. The van der Waals surface area contributed by atoms with E-state index in [4.69, 9.17) is 4.74 Å². The van der Waals surface area contributed by atoms with Gasteiger partial charge < -0.3 is 4.74 Å². The Bertz CT molecular complexity index is 483. The molecule has 2 atom stereocenters. The Labute approximate surface area is 118 Å². The van der Waals surface area contributed by atoms with E-state index >= 15 is 0 Å². The van der Waals surface area contributed by atoms with E-state index in [0.717, 1.165) is 38.9 Å². The van der Waals surface area contributed by atoms with E-state index in [1.807, 2.05) is 0 Å². The highest BCUT2D eigenvalue weighted by atomic mass is 19.1. The highest BCUT2D eigenvalue weighted by Gasteiger charge is 2.31. The topological polar surface area (TPSA) is 15.7 Å². The van der Waals surface area contributed by atoms with Gasteiger partial charge in [-0.05, 0) is 13.1 Å². The molecule has 0 radical (unpaired) electrons. The van der Waals surface area contributed by atoms with E-state index in [0.29, 0.717) is 24.1 Å². The summed E-state index contributed by atoms with van der Waals surface area (Å²) in [6, 6.07) is 4.19. The summed E-state index contributed by atoms with van der Waals surface area (Å²) in [6.45, 7) is 4.82. The van der Waals surface area contributed by atoms with Gasteiger partial charge in [0.15, 0.2) is 0 Å². The van der Waals surface area contributed by atoms with E-state index in [1.54, 1.807) is 6.07 Å². The number of likely N-dealkylation sites (N-methyl/N-ethyl adjacent to an activating group) is 1. The highest BCUT2D eigenvalue weighted by Crippen LogP contribution is 2.21. The number of hydrogen-bond acceptors (Lipinski definition) is 3. The molecule has 2 heterocycles. The van der Waals surface area contributed by atoms with E-state index in [-0.39, 0.29) is 0 Å². The smallest absolute Gasteiger partial charge is 0.130 e. The fourth-order valence-electron chi connectivity index (χ4n) is 3.17. The van der Waals surface area contributed by atoms with E-state index in [2.05, 4.69) is 16.8 Å². The van der Waals surface area contributed by atoms with Gasteiger partial charge in [-0.1, -0.05) is 6.07 Å². The summed E-state index contributed by atoms with van der Waals surface area (Å²) in [5.74, 6) is -0.521. The summed E-state index contributed by atoms with van der Waals surface area (Å²) in [5.41, 5.74) is 0.565. The first-order chi connectivity index (χ1) is 9.61. The van der Waals surface area contributed by atoms with Crippen molar-refractivity contribution in [3.8, 4) is 0 Å². The van der Waals surface area contributed by atoms with Crippen molar-refractivity contribution in [3.05, 3.63) is 35.4 Å². The molecular formula is C15H20F2N2O. The number of hydrogen-bond donors (Lipinski definition) is 0. The van der Waals surface area contributed by atoms with Crippen molar-refractivity contribution < 1.29 is 13.5 Å². The molecule has 0 unspecified atom stereocenters. The van der Waals surface area contributed by atoms with E-state index in [1.165, 1.54) is 6.07 Å². The Hall–Kier alpha value is -1.04. The molecule has 5 heteroatoms. The molecule has 2 fully saturated rings. The van der Waals surface area contributed by atoms with Crippen LogP contribution in [0.4, 0.5) is 8.78 Å². The fraction of sp³-hybridized carbons (Fsp3) is 0.600. The van der Waals surface area contributed by atoms with Gasteiger partial charge in [-0.15, -0.1) is 0 Å². The van der Waals surface area contributed by atoms with Gasteiger partial charge in [-0.25, -0.2) is 8.78 Å². The van der Waals surface area contributed by atoms with Crippen LogP contribution in [0, 0.1) is 17.6 Å². The van der Waals surface area contributed by atoms with Crippen LogP contribution in [0.25, 0.3) is 0 Å². The zero-order valence-corrected chi connectivity index (χ0v) is 11.7. The molecule has 110 valence electrons. The maximum atomic E-state index is 13.8. The summed E-state index contributed by atoms with van der Waals surface area (Å²) >= 11 is 0. The summed E-state index contributed by atoms with van der Waals surface area (Å²) in [7, 11) is 2.12. The Kier molecular flexibility index (Phi) is 4.01. The number of ether oxygens (including phenoxy) is 1. The average molecular weight is 282 g/mol. The quantitative estimate of drug-likeness (QED) is 0.821. The molecule has 0 saturated carbocycles. The van der Waals surface area contributed by atoms with Crippen molar-refractivity contribution in [1.29, 1.82) is 0 Å². The molecule has 20 heavy (non-hydrogen) atoms. The number of halogens is 2. The molecule has 0 aromatic heterocycles. The summed E-state index contributed by atoms with van der Waals surface area (Å²) in [5, 5.41) is 0. The lowest BCUT2D eigenvalue weighted by Gasteiger charge is -2.29. The van der Waals surface area contributed by atoms with Crippen LogP contribution in [0.15, 0.2) is 18.2 Å². The molecule has 2 aliphatic heterocycles. The molecule has 1 aromatic rings. The van der Waals surface area contributed by atoms with Gasteiger partial charge >= 0.3 is 0 Å². The number of rotatable bonds is 2. The molecule has 0 amide bonds. The maximum Gasteiger partial charge on any atom is 0.130 e. The van der Waals surface area contributed by atoms with Crippen LogP contribution < -0.4 is 0 Å². The van der Waals surface area contributed by atoms with Crippen LogP contribution in [0.3, 0.4) is 0 Å². The minimum atomic E-state index is -0.521. The van der Waals surface area contributed by atoms with Gasteiger partial charge in [0.05, 0.1) is 13.2 Å². The number of fused-ring (bicyclic) bond motifs is 3. The molecular weight excluding hydrogens is 262 g/mol. The predicted molar refractivity (Wildman–Crippen MR) is 72.4 cm³/mol. The monoisotopic (exact) mass is 282 g/mol. The third-order valence-electron chi connectivity index (χ3n) is 4.23. The normalized spacial score (nSPS) is 28.4. The minimum absolute atomic E-state index is 0.353.